The van der Waals surface area contributed by atoms with Crippen molar-refractivity contribution in [2.24, 2.45) is 11.3 Å². The first-order valence-electron chi connectivity index (χ1n) is 3.53. The second kappa shape index (κ2) is 5.87. The molecular weight excluding hydrogens is 163 g/mol. The zero-order valence-corrected chi connectivity index (χ0v) is 11.2. The SMILES string of the molecule is [CH2-]C([CH2-])CC(=O)C(C)(C)C.[K+]. The number of hydrogen-bond donors (Lipinski definition) is 0. The molecule has 0 fully saturated rings. The van der Waals surface area contributed by atoms with Crippen LogP contribution >= 0.6 is 0 Å². The average Bonchev–Trinajstić information content (AvgIpc) is 1.60. The van der Waals surface area contributed by atoms with Crippen molar-refractivity contribution in [3.63, 3.8) is 0 Å². The van der Waals surface area contributed by atoms with E-state index >= 15 is 0 Å². The second-order valence-corrected chi connectivity index (χ2v) is 3.74. The summed E-state index contributed by atoms with van der Waals surface area (Å²) >= 11 is 0. The quantitative estimate of drug-likeness (QED) is 0.404. The number of Topliss-reactive ketones (excluding diaryl/α,β-unsaturated/α-hetero) is 1. The molecule has 11 heavy (non-hydrogen) atoms. The Kier molecular flexibility index (Phi) is 7.90. The summed E-state index contributed by atoms with van der Waals surface area (Å²) in [4.78, 5) is 11.2. The van der Waals surface area contributed by atoms with Gasteiger partial charge in [0, 0.05) is 5.41 Å². The van der Waals surface area contributed by atoms with Crippen molar-refractivity contribution in [1.29, 1.82) is 0 Å². The van der Waals surface area contributed by atoms with E-state index in [1.165, 1.54) is 0 Å². The molecular formula is C9H16KO-. The van der Waals surface area contributed by atoms with E-state index in [2.05, 4.69) is 13.8 Å². The van der Waals surface area contributed by atoms with Crippen LogP contribution in [0.3, 0.4) is 0 Å². The van der Waals surface area contributed by atoms with E-state index in [-0.39, 0.29) is 68.5 Å². The smallest absolute Gasteiger partial charge is 0.369 e. The molecule has 0 radical (unpaired) electrons. The van der Waals surface area contributed by atoms with Gasteiger partial charge in [-0.2, -0.15) is 0 Å². The van der Waals surface area contributed by atoms with Crippen LogP contribution in [0.15, 0.2) is 0 Å². The van der Waals surface area contributed by atoms with Crippen molar-refractivity contribution in [3.05, 3.63) is 13.8 Å². The molecule has 0 rings (SSSR count). The third-order valence-corrected chi connectivity index (χ3v) is 1.31. The summed E-state index contributed by atoms with van der Waals surface area (Å²) in [6.45, 7) is 13.1. The van der Waals surface area contributed by atoms with Crippen molar-refractivity contribution in [1.82, 2.24) is 0 Å². The third-order valence-electron chi connectivity index (χ3n) is 1.31. The Bertz CT molecular complexity index is 122. The molecule has 2 heteroatoms. The second-order valence-electron chi connectivity index (χ2n) is 3.74. The van der Waals surface area contributed by atoms with Crippen molar-refractivity contribution < 1.29 is 56.2 Å². The van der Waals surface area contributed by atoms with Crippen LogP contribution in [-0.2, 0) is 4.79 Å². The molecule has 0 N–H and O–H groups in total. The van der Waals surface area contributed by atoms with E-state index in [4.69, 9.17) is 0 Å². The van der Waals surface area contributed by atoms with Gasteiger partial charge in [-0.3, -0.25) is 10.7 Å². The maximum Gasteiger partial charge on any atom is 1.00 e. The molecule has 0 amide bonds. The van der Waals surface area contributed by atoms with E-state index < -0.39 is 0 Å². The number of carbonyl (C=O) groups excluding carboxylic acids is 1. The fraction of sp³-hybridized carbons (Fsp3) is 0.667. The van der Waals surface area contributed by atoms with Crippen LogP contribution in [0.5, 0.6) is 0 Å². The van der Waals surface area contributed by atoms with Gasteiger partial charge in [-0.1, -0.05) is 20.8 Å². The normalized spacial score (nSPS) is 11.1. The molecule has 0 heterocycles. The minimum absolute atomic E-state index is 0. The van der Waals surface area contributed by atoms with E-state index in [1.807, 2.05) is 20.8 Å². The van der Waals surface area contributed by atoms with Crippen LogP contribution in [0.4, 0.5) is 0 Å². The van der Waals surface area contributed by atoms with Gasteiger partial charge in [-0.15, -0.1) is 0 Å². The Morgan fingerprint density at radius 3 is 1.82 bits per heavy atom. The predicted molar refractivity (Wildman–Crippen MR) is 43.3 cm³/mol. The summed E-state index contributed by atoms with van der Waals surface area (Å²) in [7, 11) is 0. The Labute approximate surface area is 113 Å². The molecule has 0 aliphatic rings. The molecule has 0 saturated heterocycles. The van der Waals surface area contributed by atoms with E-state index in [1.54, 1.807) is 0 Å². The molecule has 0 spiro atoms. The van der Waals surface area contributed by atoms with E-state index in [0.717, 1.165) is 0 Å². The first-order valence-corrected chi connectivity index (χ1v) is 3.53. The minimum Gasteiger partial charge on any atom is -0.369 e. The molecule has 0 atom stereocenters. The summed E-state index contributed by atoms with van der Waals surface area (Å²) in [5.41, 5.74) is -0.229. The fourth-order valence-electron chi connectivity index (χ4n) is 0.568. The molecule has 0 aromatic carbocycles. The minimum atomic E-state index is -0.229. The van der Waals surface area contributed by atoms with Crippen LogP contribution < -0.4 is 51.4 Å². The van der Waals surface area contributed by atoms with Crippen LogP contribution in [0, 0.1) is 25.2 Å². The van der Waals surface area contributed by atoms with Crippen molar-refractivity contribution >= 4 is 5.78 Å². The number of carbonyl (C=O) groups is 1. The van der Waals surface area contributed by atoms with Gasteiger partial charge in [-0.05, 0) is 6.42 Å². The largest absolute Gasteiger partial charge is 1.00 e. The summed E-state index contributed by atoms with van der Waals surface area (Å²) in [6.07, 6.45) is 0.490. The first kappa shape index (κ1) is 14.8. The standard InChI is InChI=1S/C9H16O.K/c1-7(2)6-8(10)9(3,4)5;/h7H,1-2,6H2,3-5H3;/q-2;+1. The Morgan fingerprint density at radius 2 is 1.73 bits per heavy atom. The van der Waals surface area contributed by atoms with Gasteiger partial charge in [0.1, 0.15) is 5.78 Å². The summed E-state index contributed by atoms with van der Waals surface area (Å²) in [5, 5.41) is 0. The number of ketones is 1. The topological polar surface area (TPSA) is 17.1 Å². The van der Waals surface area contributed by atoms with Gasteiger partial charge in [0.05, 0.1) is 0 Å². The Morgan fingerprint density at radius 1 is 1.36 bits per heavy atom. The van der Waals surface area contributed by atoms with E-state index in [9.17, 15) is 4.79 Å². The molecule has 0 bridgehead atoms. The summed E-state index contributed by atoms with van der Waals surface area (Å²) in [5.74, 6) is 0.231. The molecule has 0 aliphatic heterocycles. The third kappa shape index (κ3) is 7.66. The van der Waals surface area contributed by atoms with Crippen LogP contribution in [-0.4, -0.2) is 5.78 Å². The van der Waals surface area contributed by atoms with Crippen LogP contribution in [0.1, 0.15) is 27.2 Å². The Hall–Kier alpha value is 1.31. The molecule has 0 saturated carbocycles. The molecule has 0 unspecified atom stereocenters. The summed E-state index contributed by atoms with van der Waals surface area (Å²) < 4.78 is 0. The average molecular weight is 179 g/mol. The zero-order chi connectivity index (χ0) is 8.36. The van der Waals surface area contributed by atoms with Gasteiger partial charge in [0.25, 0.3) is 0 Å². The van der Waals surface area contributed by atoms with Crippen molar-refractivity contribution in [2.75, 3.05) is 0 Å². The number of rotatable bonds is 2. The summed E-state index contributed by atoms with van der Waals surface area (Å²) in [6, 6.07) is 0. The fourth-order valence-corrected chi connectivity index (χ4v) is 0.568. The molecule has 60 valence electrons. The zero-order valence-electron chi connectivity index (χ0n) is 8.11. The maximum absolute atomic E-state index is 11.2. The number of hydrogen-bond acceptors (Lipinski definition) is 1. The van der Waals surface area contributed by atoms with Crippen LogP contribution in [0.2, 0.25) is 0 Å². The molecule has 0 aromatic rings. The van der Waals surface area contributed by atoms with Gasteiger partial charge >= 0.3 is 51.4 Å². The Balaban J connectivity index is 0. The van der Waals surface area contributed by atoms with Crippen molar-refractivity contribution in [3.8, 4) is 0 Å². The van der Waals surface area contributed by atoms with Crippen LogP contribution in [0.25, 0.3) is 0 Å². The van der Waals surface area contributed by atoms with E-state index in [0.29, 0.717) is 6.42 Å². The first-order chi connectivity index (χ1) is 4.34. The van der Waals surface area contributed by atoms with Gasteiger partial charge in [-0.25, -0.2) is 0 Å². The molecule has 1 nitrogen and oxygen atoms in total. The predicted octanol–water partition coefficient (Wildman–Crippen LogP) is -0.720. The van der Waals surface area contributed by atoms with Crippen molar-refractivity contribution in [2.45, 2.75) is 27.2 Å². The molecule has 0 aromatic heterocycles. The molecule has 0 aliphatic carbocycles. The van der Waals surface area contributed by atoms with Gasteiger partial charge < -0.3 is 13.8 Å². The maximum atomic E-state index is 11.2. The monoisotopic (exact) mass is 179 g/mol. The van der Waals surface area contributed by atoms with Gasteiger partial charge in [0.2, 0.25) is 0 Å². The van der Waals surface area contributed by atoms with Gasteiger partial charge in [0.15, 0.2) is 0 Å².